The molecule has 0 aliphatic carbocycles. The first-order valence-electron chi connectivity index (χ1n) is 10.6. The maximum atomic E-state index is 13.5. The number of carbonyl (C=O) groups is 1. The largest absolute Gasteiger partial charge is 0.334 e. The Morgan fingerprint density at radius 1 is 0.688 bits per heavy atom. The third-order valence-electron chi connectivity index (χ3n) is 5.36. The fourth-order valence-electron chi connectivity index (χ4n) is 3.76. The molecule has 0 saturated heterocycles. The molecule has 4 heteroatoms. The monoisotopic (exact) mass is 424 g/mol. The number of halogens is 1. The zero-order valence-electron chi connectivity index (χ0n) is 17.7. The second kappa shape index (κ2) is 10.4. The van der Waals surface area contributed by atoms with Crippen molar-refractivity contribution in [3.05, 3.63) is 143 Å². The summed E-state index contributed by atoms with van der Waals surface area (Å²) in [6.45, 7) is 0.769. The Balaban J connectivity index is 1.69. The molecule has 2 amide bonds. The van der Waals surface area contributed by atoms with Crippen LogP contribution in [0, 0.1) is 5.82 Å². The van der Waals surface area contributed by atoms with Crippen molar-refractivity contribution in [1.29, 1.82) is 0 Å². The van der Waals surface area contributed by atoms with Gasteiger partial charge < -0.3 is 10.2 Å². The van der Waals surface area contributed by atoms with Gasteiger partial charge in [0.05, 0.1) is 6.04 Å². The molecule has 0 saturated carbocycles. The molecule has 0 unspecified atom stereocenters. The van der Waals surface area contributed by atoms with Crippen LogP contribution in [0.1, 0.15) is 28.3 Å². The van der Waals surface area contributed by atoms with Crippen molar-refractivity contribution in [1.82, 2.24) is 10.2 Å². The summed E-state index contributed by atoms with van der Waals surface area (Å²) in [5.41, 5.74) is 3.91. The molecule has 0 aliphatic heterocycles. The Morgan fingerprint density at radius 2 is 1.19 bits per heavy atom. The highest BCUT2D eigenvalue weighted by atomic mass is 19.1. The van der Waals surface area contributed by atoms with E-state index < -0.39 is 0 Å². The van der Waals surface area contributed by atoms with Crippen LogP contribution in [-0.2, 0) is 13.1 Å². The van der Waals surface area contributed by atoms with Crippen molar-refractivity contribution in [2.45, 2.75) is 19.1 Å². The fraction of sp³-hybridized carbons (Fsp3) is 0.107. The molecule has 32 heavy (non-hydrogen) atoms. The van der Waals surface area contributed by atoms with Crippen molar-refractivity contribution < 1.29 is 9.18 Å². The van der Waals surface area contributed by atoms with E-state index in [1.165, 1.54) is 12.1 Å². The lowest BCUT2D eigenvalue weighted by Gasteiger charge is -2.33. The lowest BCUT2D eigenvalue weighted by molar-refractivity contribution is 0.180. The number of rotatable bonds is 7. The van der Waals surface area contributed by atoms with Crippen LogP contribution in [-0.4, -0.2) is 10.9 Å². The van der Waals surface area contributed by atoms with Gasteiger partial charge in [-0.3, -0.25) is 0 Å². The standard InChI is InChI=1S/C28H25FN2O/c29-26-18-16-23(17-19-26)21-31(28(32)30-20-22-10-4-1-5-11-22)27(24-12-6-2-7-13-24)25-14-8-3-9-15-25/h1-19,27H,20-21H2,(H,30,32). The van der Waals surface area contributed by atoms with Crippen LogP contribution in [0.4, 0.5) is 9.18 Å². The molecule has 160 valence electrons. The van der Waals surface area contributed by atoms with Gasteiger partial charge in [-0.05, 0) is 34.4 Å². The van der Waals surface area contributed by atoms with Gasteiger partial charge in [-0.15, -0.1) is 0 Å². The Morgan fingerprint density at radius 3 is 1.72 bits per heavy atom. The number of carbonyl (C=O) groups excluding carboxylic acids is 1. The van der Waals surface area contributed by atoms with Gasteiger partial charge in [-0.2, -0.15) is 0 Å². The molecular formula is C28H25FN2O. The molecule has 4 aromatic carbocycles. The number of benzene rings is 4. The van der Waals surface area contributed by atoms with E-state index in [2.05, 4.69) is 5.32 Å². The van der Waals surface area contributed by atoms with Crippen LogP contribution < -0.4 is 5.32 Å². The fourth-order valence-corrected chi connectivity index (χ4v) is 3.76. The Labute approximate surface area is 188 Å². The van der Waals surface area contributed by atoms with Gasteiger partial charge in [0.15, 0.2) is 0 Å². The number of amides is 2. The normalized spacial score (nSPS) is 10.7. The van der Waals surface area contributed by atoms with Crippen LogP contribution in [0.25, 0.3) is 0 Å². The summed E-state index contributed by atoms with van der Waals surface area (Å²) in [6.07, 6.45) is 0. The van der Waals surface area contributed by atoms with Gasteiger partial charge in [-0.25, -0.2) is 9.18 Å². The maximum Gasteiger partial charge on any atom is 0.318 e. The molecule has 0 fully saturated rings. The summed E-state index contributed by atoms with van der Waals surface area (Å²) in [7, 11) is 0. The highest BCUT2D eigenvalue weighted by molar-refractivity contribution is 5.75. The van der Waals surface area contributed by atoms with Crippen molar-refractivity contribution in [3.63, 3.8) is 0 Å². The first kappa shape index (κ1) is 21.3. The van der Waals surface area contributed by atoms with Crippen LogP contribution in [0.3, 0.4) is 0 Å². The average Bonchev–Trinajstić information content (AvgIpc) is 2.85. The third-order valence-corrected chi connectivity index (χ3v) is 5.36. The van der Waals surface area contributed by atoms with E-state index in [1.807, 2.05) is 91.0 Å². The van der Waals surface area contributed by atoms with E-state index in [0.717, 1.165) is 22.3 Å². The van der Waals surface area contributed by atoms with Gasteiger partial charge in [-0.1, -0.05) is 103 Å². The molecule has 0 spiro atoms. The molecule has 0 aliphatic rings. The summed E-state index contributed by atoms with van der Waals surface area (Å²) in [5.74, 6) is -0.295. The van der Waals surface area contributed by atoms with Crippen molar-refractivity contribution in [2.75, 3.05) is 0 Å². The SMILES string of the molecule is O=C(NCc1ccccc1)N(Cc1ccc(F)cc1)C(c1ccccc1)c1ccccc1. The first-order chi connectivity index (χ1) is 15.7. The van der Waals surface area contributed by atoms with Crippen molar-refractivity contribution in [3.8, 4) is 0 Å². The third kappa shape index (κ3) is 5.41. The summed E-state index contributed by atoms with van der Waals surface area (Å²) in [6, 6.07) is 35.6. The highest BCUT2D eigenvalue weighted by Gasteiger charge is 2.27. The van der Waals surface area contributed by atoms with Gasteiger partial charge in [0, 0.05) is 13.1 Å². The Hall–Kier alpha value is -3.92. The van der Waals surface area contributed by atoms with Crippen LogP contribution in [0.2, 0.25) is 0 Å². The van der Waals surface area contributed by atoms with E-state index in [1.54, 1.807) is 17.0 Å². The Kier molecular flexibility index (Phi) is 6.93. The number of hydrogen-bond acceptors (Lipinski definition) is 1. The van der Waals surface area contributed by atoms with Gasteiger partial charge in [0.2, 0.25) is 0 Å². The minimum absolute atomic E-state index is 0.184. The lowest BCUT2D eigenvalue weighted by atomic mass is 9.96. The van der Waals surface area contributed by atoms with Gasteiger partial charge >= 0.3 is 6.03 Å². The van der Waals surface area contributed by atoms with E-state index in [4.69, 9.17) is 0 Å². The highest BCUT2D eigenvalue weighted by Crippen LogP contribution is 2.30. The Bertz CT molecular complexity index is 1080. The van der Waals surface area contributed by atoms with E-state index in [0.29, 0.717) is 13.1 Å². The zero-order chi connectivity index (χ0) is 22.2. The molecule has 0 radical (unpaired) electrons. The van der Waals surface area contributed by atoms with Crippen LogP contribution in [0.5, 0.6) is 0 Å². The number of urea groups is 1. The number of nitrogens with zero attached hydrogens (tertiary/aromatic N) is 1. The summed E-state index contributed by atoms with van der Waals surface area (Å²) in [5, 5.41) is 3.06. The van der Waals surface area contributed by atoms with Gasteiger partial charge in [0.25, 0.3) is 0 Å². The summed E-state index contributed by atoms with van der Waals surface area (Å²) < 4.78 is 13.5. The topological polar surface area (TPSA) is 32.3 Å². The predicted molar refractivity (Wildman–Crippen MR) is 125 cm³/mol. The first-order valence-corrected chi connectivity index (χ1v) is 10.6. The molecule has 1 N–H and O–H groups in total. The second-order valence-electron chi connectivity index (χ2n) is 7.62. The predicted octanol–water partition coefficient (Wildman–Crippen LogP) is 6.33. The number of nitrogens with one attached hydrogen (secondary N) is 1. The zero-order valence-corrected chi connectivity index (χ0v) is 17.7. The second-order valence-corrected chi connectivity index (χ2v) is 7.62. The van der Waals surface area contributed by atoms with E-state index in [9.17, 15) is 9.18 Å². The summed E-state index contributed by atoms with van der Waals surface area (Å²) >= 11 is 0. The maximum absolute atomic E-state index is 13.5. The van der Waals surface area contributed by atoms with Crippen molar-refractivity contribution >= 4 is 6.03 Å². The molecule has 4 rings (SSSR count). The minimum Gasteiger partial charge on any atom is -0.334 e. The quantitative estimate of drug-likeness (QED) is 0.370. The minimum atomic E-state index is -0.295. The van der Waals surface area contributed by atoms with E-state index >= 15 is 0 Å². The molecule has 3 nitrogen and oxygen atoms in total. The summed E-state index contributed by atoms with van der Waals surface area (Å²) in [4.78, 5) is 15.3. The number of hydrogen-bond donors (Lipinski definition) is 1. The van der Waals surface area contributed by atoms with Crippen molar-refractivity contribution in [2.24, 2.45) is 0 Å². The van der Waals surface area contributed by atoms with Gasteiger partial charge in [0.1, 0.15) is 5.82 Å². The van der Waals surface area contributed by atoms with Crippen LogP contribution >= 0.6 is 0 Å². The van der Waals surface area contributed by atoms with Crippen LogP contribution in [0.15, 0.2) is 115 Å². The van der Waals surface area contributed by atoms with E-state index in [-0.39, 0.29) is 17.9 Å². The lowest BCUT2D eigenvalue weighted by Crippen LogP contribution is -2.42. The molecular weight excluding hydrogens is 399 g/mol. The molecule has 0 heterocycles. The molecule has 0 atom stereocenters. The molecule has 0 bridgehead atoms. The molecule has 0 aromatic heterocycles. The molecule has 4 aromatic rings. The smallest absolute Gasteiger partial charge is 0.318 e. The average molecular weight is 425 g/mol.